The molecule has 2 aromatic carbocycles. The van der Waals surface area contributed by atoms with Crippen LogP contribution in [0.5, 0.6) is 11.5 Å². The summed E-state index contributed by atoms with van der Waals surface area (Å²) in [5.74, 6) is 0.493. The molecule has 1 aromatic heterocycles. The summed E-state index contributed by atoms with van der Waals surface area (Å²) in [6, 6.07) is 9.56. The lowest BCUT2D eigenvalue weighted by molar-refractivity contribution is -0.139. The highest BCUT2D eigenvalue weighted by atomic mass is 35.5. The van der Waals surface area contributed by atoms with E-state index in [9.17, 15) is 9.59 Å². The van der Waals surface area contributed by atoms with Gasteiger partial charge in [-0.2, -0.15) is 0 Å². The van der Waals surface area contributed by atoms with Crippen LogP contribution in [0.3, 0.4) is 0 Å². The molecule has 1 aliphatic rings. The van der Waals surface area contributed by atoms with E-state index in [-0.39, 0.29) is 17.7 Å². The van der Waals surface area contributed by atoms with Crippen LogP contribution in [0.2, 0.25) is 10.0 Å². The Morgan fingerprint density at radius 1 is 1.14 bits per heavy atom. The van der Waals surface area contributed by atoms with Crippen LogP contribution >= 0.6 is 34.5 Å². The number of aromatic nitrogens is 1. The Hall–Kier alpha value is -3.07. The molecule has 2 heterocycles. The van der Waals surface area contributed by atoms with Crippen molar-refractivity contribution >= 4 is 46.6 Å². The van der Waals surface area contributed by atoms with E-state index in [4.69, 9.17) is 37.4 Å². The number of hydrogen-bond donors (Lipinski definition) is 0. The Morgan fingerprint density at radius 2 is 1.89 bits per heavy atom. The number of rotatable bonds is 7. The number of allylic oxidation sites excluding steroid dienone is 1. The smallest absolute Gasteiger partial charge is 0.338 e. The molecule has 36 heavy (non-hydrogen) atoms. The van der Waals surface area contributed by atoms with Crippen molar-refractivity contribution in [3.05, 3.63) is 88.5 Å². The number of esters is 1. The lowest BCUT2D eigenvalue weighted by atomic mass is 9.95. The van der Waals surface area contributed by atoms with Crippen LogP contribution in [0.15, 0.2) is 57.5 Å². The van der Waals surface area contributed by atoms with Crippen LogP contribution in [0.25, 0.3) is 6.08 Å². The van der Waals surface area contributed by atoms with Crippen molar-refractivity contribution in [2.75, 3.05) is 20.3 Å². The van der Waals surface area contributed by atoms with Gasteiger partial charge in [-0.05, 0) is 62.7 Å². The van der Waals surface area contributed by atoms with Crippen molar-refractivity contribution in [1.29, 1.82) is 0 Å². The Morgan fingerprint density at radius 3 is 2.56 bits per heavy atom. The van der Waals surface area contributed by atoms with E-state index in [1.54, 1.807) is 50.3 Å². The van der Waals surface area contributed by atoms with Crippen molar-refractivity contribution < 1.29 is 19.0 Å². The van der Waals surface area contributed by atoms with Crippen molar-refractivity contribution in [2.45, 2.75) is 26.8 Å². The van der Waals surface area contributed by atoms with Gasteiger partial charge in [-0.1, -0.05) is 40.6 Å². The molecule has 3 aromatic rings. The van der Waals surface area contributed by atoms with Crippen molar-refractivity contribution in [2.24, 2.45) is 4.99 Å². The topological polar surface area (TPSA) is 79.1 Å². The lowest BCUT2D eigenvalue weighted by Crippen LogP contribution is -2.40. The van der Waals surface area contributed by atoms with E-state index < -0.39 is 12.0 Å². The SMILES string of the molecule is CCOC(=O)C1=C(C)N=c2s/c(=C\c3ccc(OCC)c(Cl)c3)c(=O)n2[C@@H]1c1cc(Cl)ccc1OC. The van der Waals surface area contributed by atoms with Crippen LogP contribution in [0, 0.1) is 0 Å². The number of ether oxygens (including phenoxy) is 3. The first-order chi connectivity index (χ1) is 17.3. The zero-order chi connectivity index (χ0) is 26.0. The van der Waals surface area contributed by atoms with Crippen LogP contribution in [-0.4, -0.2) is 30.9 Å². The first-order valence-electron chi connectivity index (χ1n) is 11.2. The quantitative estimate of drug-likeness (QED) is 0.407. The Kier molecular flexibility index (Phi) is 7.88. The van der Waals surface area contributed by atoms with Crippen LogP contribution in [0.4, 0.5) is 0 Å². The van der Waals surface area contributed by atoms with E-state index >= 15 is 0 Å². The maximum atomic E-state index is 13.7. The fourth-order valence-electron chi connectivity index (χ4n) is 4.04. The second kappa shape index (κ2) is 10.9. The molecule has 0 spiro atoms. The van der Waals surface area contributed by atoms with E-state index in [1.165, 1.54) is 23.0 Å². The average molecular weight is 547 g/mol. The molecule has 10 heteroatoms. The van der Waals surface area contributed by atoms with Gasteiger partial charge in [0.25, 0.3) is 5.56 Å². The second-order valence-corrected chi connectivity index (χ2v) is 9.66. The summed E-state index contributed by atoms with van der Waals surface area (Å²) >= 11 is 13.9. The molecule has 0 amide bonds. The summed E-state index contributed by atoms with van der Waals surface area (Å²) in [6.07, 6.45) is 1.74. The van der Waals surface area contributed by atoms with Gasteiger partial charge in [0.15, 0.2) is 4.80 Å². The molecule has 0 aliphatic carbocycles. The predicted molar refractivity (Wildman–Crippen MR) is 141 cm³/mol. The summed E-state index contributed by atoms with van der Waals surface area (Å²) < 4.78 is 18.3. The molecule has 1 atom stereocenters. The maximum absolute atomic E-state index is 13.7. The number of carbonyl (C=O) groups is 1. The fraction of sp³-hybridized carbons (Fsp3) is 0.269. The predicted octanol–water partition coefficient (Wildman–Crippen LogP) is 4.51. The number of thiazole rings is 1. The van der Waals surface area contributed by atoms with Gasteiger partial charge in [0.2, 0.25) is 0 Å². The third-order valence-electron chi connectivity index (χ3n) is 5.56. The number of benzene rings is 2. The van der Waals surface area contributed by atoms with Gasteiger partial charge in [-0.3, -0.25) is 9.36 Å². The molecular formula is C26H24Cl2N2O5S. The van der Waals surface area contributed by atoms with Gasteiger partial charge in [-0.15, -0.1) is 0 Å². The Labute approximate surface area is 221 Å². The van der Waals surface area contributed by atoms with Gasteiger partial charge < -0.3 is 14.2 Å². The second-order valence-electron chi connectivity index (χ2n) is 7.81. The van der Waals surface area contributed by atoms with Crippen LogP contribution < -0.4 is 24.4 Å². The van der Waals surface area contributed by atoms with Crippen molar-refractivity contribution in [1.82, 2.24) is 4.57 Å². The molecule has 0 bridgehead atoms. The number of halogens is 2. The monoisotopic (exact) mass is 546 g/mol. The minimum atomic E-state index is -0.833. The molecule has 188 valence electrons. The number of carbonyl (C=O) groups excluding carboxylic acids is 1. The van der Waals surface area contributed by atoms with E-state index in [0.29, 0.717) is 48.7 Å². The fourth-order valence-corrected chi connectivity index (χ4v) is 5.51. The summed E-state index contributed by atoms with van der Waals surface area (Å²) in [5, 5.41) is 0.884. The largest absolute Gasteiger partial charge is 0.496 e. The molecule has 0 unspecified atom stereocenters. The van der Waals surface area contributed by atoms with E-state index in [1.807, 2.05) is 13.0 Å². The summed E-state index contributed by atoms with van der Waals surface area (Å²) in [5.41, 5.74) is 1.68. The zero-order valence-corrected chi connectivity index (χ0v) is 22.5. The number of methoxy groups -OCH3 is 1. The molecule has 4 rings (SSSR count). The zero-order valence-electron chi connectivity index (χ0n) is 20.1. The number of fused-ring (bicyclic) bond motifs is 1. The van der Waals surface area contributed by atoms with Crippen LogP contribution in [0.1, 0.15) is 37.9 Å². The van der Waals surface area contributed by atoms with Gasteiger partial charge in [0.1, 0.15) is 17.5 Å². The molecular weight excluding hydrogens is 523 g/mol. The van der Waals surface area contributed by atoms with Gasteiger partial charge in [0, 0.05) is 10.6 Å². The first kappa shape index (κ1) is 26.0. The molecule has 1 aliphatic heterocycles. The van der Waals surface area contributed by atoms with E-state index in [2.05, 4.69) is 4.99 Å². The minimum absolute atomic E-state index is 0.179. The lowest BCUT2D eigenvalue weighted by Gasteiger charge is -2.26. The molecule has 0 radical (unpaired) electrons. The van der Waals surface area contributed by atoms with Crippen molar-refractivity contribution in [3.63, 3.8) is 0 Å². The van der Waals surface area contributed by atoms with Crippen molar-refractivity contribution in [3.8, 4) is 11.5 Å². The standard InChI is InChI=1S/C26H24Cl2N2O5S/c1-5-34-20-9-7-15(11-18(20)28)12-21-24(31)30-23(17-13-16(27)8-10-19(17)33-4)22(25(32)35-6-2)14(3)29-26(30)36-21/h7-13,23H,5-6H2,1-4H3/b21-12-/t23-/m1/s1. The van der Waals surface area contributed by atoms with Crippen LogP contribution in [-0.2, 0) is 9.53 Å². The molecule has 0 N–H and O–H groups in total. The highest BCUT2D eigenvalue weighted by Gasteiger charge is 2.35. The highest BCUT2D eigenvalue weighted by Crippen LogP contribution is 2.37. The van der Waals surface area contributed by atoms with Gasteiger partial charge in [-0.25, -0.2) is 9.79 Å². The highest BCUT2D eigenvalue weighted by molar-refractivity contribution is 7.07. The first-order valence-corrected chi connectivity index (χ1v) is 12.8. The van der Waals surface area contributed by atoms with E-state index in [0.717, 1.165) is 5.56 Å². The Balaban J connectivity index is 1.95. The maximum Gasteiger partial charge on any atom is 0.338 e. The normalized spacial score (nSPS) is 15.4. The molecule has 7 nitrogen and oxygen atoms in total. The number of nitrogens with zero attached hydrogens (tertiary/aromatic N) is 2. The molecule has 0 fully saturated rings. The average Bonchev–Trinajstić information content (AvgIpc) is 3.14. The summed E-state index contributed by atoms with van der Waals surface area (Å²) in [4.78, 5) is 31.8. The molecule has 0 saturated carbocycles. The minimum Gasteiger partial charge on any atom is -0.496 e. The summed E-state index contributed by atoms with van der Waals surface area (Å²) in [6.45, 7) is 5.99. The van der Waals surface area contributed by atoms with Gasteiger partial charge in [0.05, 0.1) is 41.1 Å². The third-order valence-corrected chi connectivity index (χ3v) is 7.07. The van der Waals surface area contributed by atoms with Gasteiger partial charge >= 0.3 is 5.97 Å². The third kappa shape index (κ3) is 4.93. The summed E-state index contributed by atoms with van der Waals surface area (Å²) in [7, 11) is 1.52. The molecule has 0 saturated heterocycles. The number of hydrogen-bond acceptors (Lipinski definition) is 7. The Bertz CT molecular complexity index is 1540.